The molecular formula is C38H48FN7O3. The molecule has 10 nitrogen and oxygen atoms in total. The van der Waals surface area contributed by atoms with E-state index in [0.29, 0.717) is 47.9 Å². The number of ether oxygens (including phenoxy) is 1. The molecule has 2 heterocycles. The summed E-state index contributed by atoms with van der Waals surface area (Å²) in [6.07, 6.45) is 2.28. The number of hydrogen-bond donors (Lipinski definition) is 1. The number of hydrogen-bond acceptors (Lipinski definition) is 8. The van der Waals surface area contributed by atoms with Crippen LogP contribution in [-0.2, 0) is 4.79 Å². The molecule has 0 radical (unpaired) electrons. The molecule has 2 aliphatic rings. The van der Waals surface area contributed by atoms with E-state index in [4.69, 9.17) is 4.74 Å². The van der Waals surface area contributed by atoms with E-state index >= 15 is 4.39 Å². The van der Waals surface area contributed by atoms with Crippen molar-refractivity contribution in [2.24, 2.45) is 4.99 Å². The number of rotatable bonds is 10. The number of nitrogens with zero attached hydrogens (tertiary/aromatic N) is 6. The van der Waals surface area contributed by atoms with Gasteiger partial charge in [-0.1, -0.05) is 36.4 Å². The minimum Gasteiger partial charge on any atom is -0.409 e. The van der Waals surface area contributed by atoms with E-state index in [1.807, 2.05) is 87.2 Å². The minimum atomic E-state index is -0.723. The van der Waals surface area contributed by atoms with Crippen molar-refractivity contribution in [2.75, 3.05) is 61.4 Å². The molecular weight excluding hydrogens is 621 g/mol. The van der Waals surface area contributed by atoms with Gasteiger partial charge in [-0.05, 0) is 89.2 Å². The number of para-hydroxylation sites is 2. The number of carbonyl (C=O) groups excluding carboxylic acids is 2. The number of aryl methyl sites for hydroxylation is 2. The quantitative estimate of drug-likeness (QED) is 0.265. The topological polar surface area (TPSA) is 84.0 Å². The zero-order valence-electron chi connectivity index (χ0n) is 29.4. The van der Waals surface area contributed by atoms with E-state index in [1.54, 1.807) is 28.1 Å². The number of benzene rings is 3. The van der Waals surface area contributed by atoms with Crippen LogP contribution in [0.3, 0.4) is 0 Å². The molecule has 3 aromatic rings. The number of amides is 2. The van der Waals surface area contributed by atoms with Gasteiger partial charge in [0.1, 0.15) is 17.7 Å². The first-order valence-corrected chi connectivity index (χ1v) is 17.0. The molecule has 0 spiro atoms. The Morgan fingerprint density at radius 2 is 1.71 bits per heavy atom. The Balaban J connectivity index is 1.47. The van der Waals surface area contributed by atoms with Gasteiger partial charge in [0.25, 0.3) is 0 Å². The van der Waals surface area contributed by atoms with E-state index in [1.165, 1.54) is 6.07 Å². The fraction of sp³-hybridized carbons (Fsp3) is 0.395. The van der Waals surface area contributed by atoms with Gasteiger partial charge in [-0.2, -0.15) is 0 Å². The smallest absolute Gasteiger partial charge is 0.409 e. The molecule has 2 aliphatic heterocycles. The fourth-order valence-electron chi connectivity index (χ4n) is 6.30. The van der Waals surface area contributed by atoms with Crippen LogP contribution in [-0.4, -0.2) is 91.2 Å². The summed E-state index contributed by atoms with van der Waals surface area (Å²) >= 11 is 0. The minimum absolute atomic E-state index is 0.0150. The summed E-state index contributed by atoms with van der Waals surface area (Å²) in [5, 5.41) is 3.30. The first-order chi connectivity index (χ1) is 23.6. The largest absolute Gasteiger partial charge is 0.421 e. The Hall–Kier alpha value is -4.90. The maximum absolute atomic E-state index is 15.7. The summed E-state index contributed by atoms with van der Waals surface area (Å²) in [5.41, 5.74) is 3.33. The van der Waals surface area contributed by atoms with Gasteiger partial charge >= 0.3 is 6.09 Å². The van der Waals surface area contributed by atoms with Gasteiger partial charge < -0.3 is 29.7 Å². The van der Waals surface area contributed by atoms with Crippen molar-refractivity contribution < 1.29 is 18.7 Å². The van der Waals surface area contributed by atoms with E-state index < -0.39 is 12.3 Å². The fourth-order valence-corrected chi connectivity index (χ4v) is 6.30. The highest BCUT2D eigenvalue weighted by atomic mass is 19.1. The second-order valence-corrected chi connectivity index (χ2v) is 12.6. The van der Waals surface area contributed by atoms with Crippen LogP contribution in [0.4, 0.5) is 26.2 Å². The van der Waals surface area contributed by atoms with Gasteiger partial charge in [0, 0.05) is 69.3 Å². The third kappa shape index (κ3) is 8.22. The van der Waals surface area contributed by atoms with Crippen molar-refractivity contribution >= 4 is 35.0 Å². The molecule has 1 N–H and O–H groups in total. The molecule has 260 valence electrons. The number of piperazine rings is 1. The third-order valence-electron chi connectivity index (χ3n) is 9.33. The maximum Gasteiger partial charge on any atom is 0.421 e. The van der Waals surface area contributed by atoms with Crippen LogP contribution in [0.15, 0.2) is 84.0 Å². The van der Waals surface area contributed by atoms with E-state index in [-0.39, 0.29) is 24.7 Å². The van der Waals surface area contributed by atoms with Gasteiger partial charge in [-0.15, -0.1) is 0 Å². The van der Waals surface area contributed by atoms with Crippen LogP contribution < -0.4 is 19.9 Å². The summed E-state index contributed by atoms with van der Waals surface area (Å²) in [4.78, 5) is 41.6. The molecule has 3 aromatic carbocycles. The summed E-state index contributed by atoms with van der Waals surface area (Å²) in [7, 11) is 2.09. The maximum atomic E-state index is 15.7. The molecule has 49 heavy (non-hydrogen) atoms. The molecule has 11 heteroatoms. The first kappa shape index (κ1) is 35.4. The van der Waals surface area contributed by atoms with E-state index in [0.717, 1.165) is 30.8 Å². The monoisotopic (exact) mass is 669 g/mol. The van der Waals surface area contributed by atoms with Gasteiger partial charge in [0.15, 0.2) is 0 Å². The summed E-state index contributed by atoms with van der Waals surface area (Å²) in [6, 6.07) is 20.4. The summed E-state index contributed by atoms with van der Waals surface area (Å²) in [5.74, 6) is 0.519. The average molecular weight is 670 g/mol. The van der Waals surface area contributed by atoms with Crippen molar-refractivity contribution in [1.29, 1.82) is 0 Å². The average Bonchev–Trinajstić information content (AvgIpc) is 3.09. The number of anilines is 3. The molecule has 1 saturated heterocycles. The number of aliphatic imine (C=N–C) groups is 1. The summed E-state index contributed by atoms with van der Waals surface area (Å²) in [6.45, 7) is 13.6. The Labute approximate surface area is 289 Å². The number of guanidine groups is 1. The van der Waals surface area contributed by atoms with Crippen molar-refractivity contribution in [3.05, 3.63) is 96.0 Å². The lowest BCUT2D eigenvalue weighted by molar-refractivity contribution is -0.131. The van der Waals surface area contributed by atoms with Gasteiger partial charge in [0.2, 0.25) is 11.9 Å². The number of carbonyl (C=O) groups is 2. The zero-order chi connectivity index (χ0) is 35.1. The predicted molar refractivity (Wildman–Crippen MR) is 195 cm³/mol. The van der Waals surface area contributed by atoms with Gasteiger partial charge in [0.05, 0.1) is 5.69 Å². The lowest BCUT2D eigenvalue weighted by Crippen LogP contribution is -2.56. The second-order valence-electron chi connectivity index (χ2n) is 12.6. The highest BCUT2D eigenvalue weighted by Gasteiger charge is 2.35. The standard InChI is InChI=1S/C38H48FN7O3/c1-7-43(8-2)35(47)20-22-45-34(46(31-15-10-9-11-16-31)38(48)49-36-27(3)13-12-14-28(36)4)19-21-40-37(45)41-30-17-18-33(32(39)25-30)44-24-23-42(6)29(5)26-44/h9-19,21,25,29,34H,7-8,20,22-24,26H2,1-6H3,(H,40,41). The zero-order valence-corrected chi connectivity index (χ0v) is 29.4. The number of halogens is 1. The number of nitrogens with one attached hydrogen (secondary N) is 1. The SMILES string of the molecule is CCN(CC)C(=O)CCN1C(Nc2ccc(N3CCN(C)C(C)C3)c(F)c2)=NC=CC1N(C(=O)Oc1c(C)cccc1C)c1ccccc1. The van der Waals surface area contributed by atoms with Crippen LogP contribution >= 0.6 is 0 Å². The van der Waals surface area contributed by atoms with Gasteiger partial charge in [-0.25, -0.2) is 14.2 Å². The highest BCUT2D eigenvalue weighted by Crippen LogP contribution is 2.29. The highest BCUT2D eigenvalue weighted by molar-refractivity contribution is 5.98. The van der Waals surface area contributed by atoms with E-state index in [2.05, 4.69) is 34.1 Å². The van der Waals surface area contributed by atoms with Crippen LogP contribution in [0.5, 0.6) is 5.75 Å². The molecule has 0 saturated carbocycles. The van der Waals surface area contributed by atoms with E-state index in [9.17, 15) is 9.59 Å². The Kier molecular flexibility index (Phi) is 11.6. The molecule has 0 aromatic heterocycles. The lowest BCUT2D eigenvalue weighted by Gasteiger charge is -2.40. The Morgan fingerprint density at radius 1 is 1.00 bits per heavy atom. The van der Waals surface area contributed by atoms with Gasteiger partial charge in [-0.3, -0.25) is 9.69 Å². The Bertz CT molecular complexity index is 1660. The van der Waals surface area contributed by atoms with Crippen molar-refractivity contribution in [2.45, 2.75) is 53.2 Å². The lowest BCUT2D eigenvalue weighted by atomic mass is 10.1. The summed E-state index contributed by atoms with van der Waals surface area (Å²) < 4.78 is 21.7. The molecule has 0 aliphatic carbocycles. The first-order valence-electron chi connectivity index (χ1n) is 17.0. The third-order valence-corrected chi connectivity index (χ3v) is 9.33. The molecule has 2 atom stereocenters. The Morgan fingerprint density at radius 3 is 2.37 bits per heavy atom. The van der Waals surface area contributed by atoms with Crippen molar-refractivity contribution in [3.8, 4) is 5.75 Å². The van der Waals surface area contributed by atoms with Crippen LogP contribution in [0.25, 0.3) is 0 Å². The number of likely N-dealkylation sites (N-methyl/N-ethyl adjacent to an activating group) is 1. The second kappa shape index (κ2) is 16.0. The van der Waals surface area contributed by atoms with Crippen LogP contribution in [0.1, 0.15) is 38.3 Å². The van der Waals surface area contributed by atoms with Crippen LogP contribution in [0.2, 0.25) is 0 Å². The normalized spacial score (nSPS) is 17.8. The molecule has 0 bridgehead atoms. The molecule has 2 unspecified atom stereocenters. The van der Waals surface area contributed by atoms with Crippen molar-refractivity contribution in [1.82, 2.24) is 14.7 Å². The molecule has 5 rings (SSSR count). The van der Waals surface area contributed by atoms with Crippen molar-refractivity contribution in [3.63, 3.8) is 0 Å². The predicted octanol–water partition coefficient (Wildman–Crippen LogP) is 6.47. The molecule has 2 amide bonds. The molecule has 1 fully saturated rings. The van der Waals surface area contributed by atoms with Crippen LogP contribution in [0, 0.1) is 19.7 Å².